The summed E-state index contributed by atoms with van der Waals surface area (Å²) in [5, 5.41) is 0.234. The molecule has 2 N–H and O–H groups in total. The number of hydrogen-bond donors (Lipinski definition) is 1. The maximum Gasteiger partial charge on any atom is 0.223 e. The van der Waals surface area contributed by atoms with Gasteiger partial charge in [0.2, 0.25) is 5.95 Å². The number of nitrogens with two attached hydrogens (primary N) is 1. The fourth-order valence-corrected chi connectivity index (χ4v) is 1.99. The molecule has 2 unspecified atom stereocenters. The molecule has 1 fully saturated rings. The SMILES string of the molecule is CC1OCC(n2cnc3c(Cl)nc(N)nc32)O1. The third-order valence-corrected chi connectivity index (χ3v) is 2.79. The van der Waals surface area contributed by atoms with Crippen molar-refractivity contribution in [2.45, 2.75) is 19.4 Å². The van der Waals surface area contributed by atoms with E-state index in [0.29, 0.717) is 17.8 Å². The molecule has 0 radical (unpaired) electrons. The van der Waals surface area contributed by atoms with Gasteiger partial charge in [-0.05, 0) is 6.92 Å². The van der Waals surface area contributed by atoms with Crippen molar-refractivity contribution in [3.8, 4) is 0 Å². The largest absolute Gasteiger partial charge is 0.368 e. The molecule has 1 saturated heterocycles. The van der Waals surface area contributed by atoms with Crippen LogP contribution in [0.25, 0.3) is 11.2 Å². The lowest BCUT2D eigenvalue weighted by molar-refractivity contribution is -0.0561. The summed E-state index contributed by atoms with van der Waals surface area (Å²) in [6, 6.07) is 0. The van der Waals surface area contributed by atoms with E-state index < -0.39 is 0 Å². The maximum absolute atomic E-state index is 5.93. The van der Waals surface area contributed by atoms with Crippen molar-refractivity contribution in [3.05, 3.63) is 11.5 Å². The Hall–Kier alpha value is -1.44. The summed E-state index contributed by atoms with van der Waals surface area (Å²) >= 11 is 5.93. The van der Waals surface area contributed by atoms with Crippen molar-refractivity contribution in [1.29, 1.82) is 0 Å². The first-order valence-electron chi connectivity index (χ1n) is 5.08. The minimum absolute atomic E-state index is 0.108. The fraction of sp³-hybridized carbons (Fsp3) is 0.444. The Kier molecular flexibility index (Phi) is 2.39. The Morgan fingerprint density at radius 3 is 3.06 bits per heavy atom. The van der Waals surface area contributed by atoms with E-state index in [4.69, 9.17) is 26.8 Å². The molecule has 0 aromatic carbocycles. The highest BCUT2D eigenvalue weighted by molar-refractivity contribution is 6.33. The van der Waals surface area contributed by atoms with Gasteiger partial charge in [-0.25, -0.2) is 4.98 Å². The summed E-state index contributed by atoms with van der Waals surface area (Å²) in [6.45, 7) is 2.27. The van der Waals surface area contributed by atoms with Gasteiger partial charge < -0.3 is 15.2 Å². The molecule has 0 amide bonds. The molecule has 0 bridgehead atoms. The van der Waals surface area contributed by atoms with Gasteiger partial charge in [-0.1, -0.05) is 11.6 Å². The Bertz CT molecular complexity index is 572. The van der Waals surface area contributed by atoms with Crippen molar-refractivity contribution in [2.24, 2.45) is 0 Å². The van der Waals surface area contributed by atoms with Crippen LogP contribution in [-0.4, -0.2) is 32.4 Å². The number of imidazole rings is 1. The molecule has 3 rings (SSSR count). The molecule has 2 aromatic rings. The zero-order valence-electron chi connectivity index (χ0n) is 9.00. The van der Waals surface area contributed by atoms with Crippen LogP contribution in [0.1, 0.15) is 13.2 Å². The second-order valence-electron chi connectivity index (χ2n) is 3.69. The molecule has 17 heavy (non-hydrogen) atoms. The van der Waals surface area contributed by atoms with Crippen LogP contribution in [0.15, 0.2) is 6.33 Å². The normalized spacial score (nSPS) is 24.6. The number of ether oxygens (including phenoxy) is 2. The van der Waals surface area contributed by atoms with Crippen LogP contribution < -0.4 is 5.73 Å². The smallest absolute Gasteiger partial charge is 0.223 e. The number of aromatic nitrogens is 4. The van der Waals surface area contributed by atoms with Crippen LogP contribution >= 0.6 is 11.6 Å². The van der Waals surface area contributed by atoms with Crippen LogP contribution in [0.3, 0.4) is 0 Å². The number of halogens is 1. The quantitative estimate of drug-likeness (QED) is 0.764. The summed E-state index contributed by atoms with van der Waals surface area (Å²) in [6.07, 6.45) is 1.09. The molecule has 0 spiro atoms. The van der Waals surface area contributed by atoms with Gasteiger partial charge in [-0.15, -0.1) is 0 Å². The standard InChI is InChI=1S/C9H10ClN5O2/c1-4-16-2-5(17-4)15-3-12-6-7(10)13-9(11)14-8(6)15/h3-5H,2H2,1H3,(H2,11,13,14). The highest BCUT2D eigenvalue weighted by Gasteiger charge is 2.26. The molecule has 0 saturated carbocycles. The lowest BCUT2D eigenvalue weighted by atomic mass is 10.5. The van der Waals surface area contributed by atoms with Crippen molar-refractivity contribution in [2.75, 3.05) is 12.3 Å². The zero-order chi connectivity index (χ0) is 12.0. The third kappa shape index (κ3) is 1.72. The van der Waals surface area contributed by atoms with Crippen LogP contribution in [0.4, 0.5) is 5.95 Å². The second kappa shape index (κ2) is 3.80. The lowest BCUT2D eigenvalue weighted by Gasteiger charge is -2.10. The van der Waals surface area contributed by atoms with Crippen LogP contribution in [0.2, 0.25) is 5.15 Å². The predicted octanol–water partition coefficient (Wildman–Crippen LogP) is 0.953. The van der Waals surface area contributed by atoms with Crippen LogP contribution in [0, 0.1) is 0 Å². The van der Waals surface area contributed by atoms with E-state index in [1.165, 1.54) is 0 Å². The number of nitrogen functional groups attached to an aromatic ring is 1. The van der Waals surface area contributed by atoms with E-state index in [-0.39, 0.29) is 23.6 Å². The van der Waals surface area contributed by atoms with Gasteiger partial charge in [0.25, 0.3) is 0 Å². The molecule has 2 atom stereocenters. The van der Waals surface area contributed by atoms with Crippen molar-refractivity contribution in [3.63, 3.8) is 0 Å². The van der Waals surface area contributed by atoms with E-state index in [1.54, 1.807) is 10.9 Å². The number of nitrogens with zero attached hydrogens (tertiary/aromatic N) is 4. The fourth-order valence-electron chi connectivity index (χ4n) is 1.77. The van der Waals surface area contributed by atoms with Gasteiger partial charge in [0.1, 0.15) is 5.52 Å². The third-order valence-electron chi connectivity index (χ3n) is 2.53. The van der Waals surface area contributed by atoms with E-state index >= 15 is 0 Å². The van der Waals surface area contributed by atoms with Gasteiger partial charge in [0.05, 0.1) is 12.9 Å². The number of rotatable bonds is 1. The summed E-state index contributed by atoms with van der Waals surface area (Å²) in [5.41, 5.74) is 6.61. The summed E-state index contributed by atoms with van der Waals surface area (Å²) in [5.74, 6) is 0.108. The lowest BCUT2D eigenvalue weighted by Crippen LogP contribution is -2.11. The number of anilines is 1. The highest BCUT2D eigenvalue weighted by atomic mass is 35.5. The molecule has 90 valence electrons. The van der Waals surface area contributed by atoms with E-state index in [2.05, 4.69) is 15.0 Å². The van der Waals surface area contributed by atoms with Crippen molar-refractivity contribution >= 4 is 28.7 Å². The predicted molar refractivity (Wildman–Crippen MR) is 60.3 cm³/mol. The molecule has 8 heteroatoms. The molecule has 1 aliphatic rings. The van der Waals surface area contributed by atoms with E-state index in [9.17, 15) is 0 Å². The molecular formula is C9H10ClN5O2. The monoisotopic (exact) mass is 255 g/mol. The maximum atomic E-state index is 5.93. The van der Waals surface area contributed by atoms with E-state index in [1.807, 2.05) is 6.92 Å². The summed E-state index contributed by atoms with van der Waals surface area (Å²) < 4.78 is 12.6. The van der Waals surface area contributed by atoms with Gasteiger partial charge in [0, 0.05) is 0 Å². The summed E-state index contributed by atoms with van der Waals surface area (Å²) in [7, 11) is 0. The number of hydrogen-bond acceptors (Lipinski definition) is 6. The molecule has 1 aliphatic heterocycles. The highest BCUT2D eigenvalue weighted by Crippen LogP contribution is 2.26. The Balaban J connectivity index is 2.11. The first kappa shape index (κ1) is 10.7. The molecule has 3 heterocycles. The molecular weight excluding hydrogens is 246 g/mol. The summed E-state index contributed by atoms with van der Waals surface area (Å²) in [4.78, 5) is 12.1. The molecule has 7 nitrogen and oxygen atoms in total. The average molecular weight is 256 g/mol. The van der Waals surface area contributed by atoms with Gasteiger partial charge in [-0.3, -0.25) is 4.57 Å². The van der Waals surface area contributed by atoms with Crippen molar-refractivity contribution in [1.82, 2.24) is 19.5 Å². The number of fused-ring (bicyclic) bond motifs is 1. The van der Waals surface area contributed by atoms with Crippen LogP contribution in [0.5, 0.6) is 0 Å². The minimum atomic E-state index is -0.264. The second-order valence-corrected chi connectivity index (χ2v) is 4.05. The van der Waals surface area contributed by atoms with Gasteiger partial charge in [-0.2, -0.15) is 9.97 Å². The van der Waals surface area contributed by atoms with Crippen LogP contribution in [-0.2, 0) is 9.47 Å². The van der Waals surface area contributed by atoms with Crippen molar-refractivity contribution < 1.29 is 9.47 Å². The first-order chi connectivity index (χ1) is 8.15. The Morgan fingerprint density at radius 2 is 2.35 bits per heavy atom. The average Bonchev–Trinajstić information content (AvgIpc) is 2.83. The minimum Gasteiger partial charge on any atom is -0.368 e. The molecule has 0 aliphatic carbocycles. The van der Waals surface area contributed by atoms with E-state index in [0.717, 1.165) is 0 Å². The topological polar surface area (TPSA) is 88.1 Å². The Morgan fingerprint density at radius 1 is 1.53 bits per heavy atom. The van der Waals surface area contributed by atoms with Gasteiger partial charge in [0.15, 0.2) is 23.3 Å². The molecule has 2 aromatic heterocycles. The van der Waals surface area contributed by atoms with Gasteiger partial charge >= 0.3 is 0 Å². The first-order valence-corrected chi connectivity index (χ1v) is 5.45. The zero-order valence-corrected chi connectivity index (χ0v) is 9.76. The Labute approximate surface area is 102 Å².